The second-order valence-electron chi connectivity index (χ2n) is 5.04. The van der Waals surface area contributed by atoms with E-state index in [4.69, 9.17) is 5.73 Å². The summed E-state index contributed by atoms with van der Waals surface area (Å²) < 4.78 is 26.3. The van der Waals surface area contributed by atoms with Crippen molar-refractivity contribution in [1.82, 2.24) is 10.0 Å². The van der Waals surface area contributed by atoms with Gasteiger partial charge >= 0.3 is 0 Å². The molecule has 9 heteroatoms. The van der Waals surface area contributed by atoms with Gasteiger partial charge in [0.1, 0.15) is 11.9 Å². The lowest BCUT2D eigenvalue weighted by molar-refractivity contribution is -0.121. The molecule has 23 heavy (non-hydrogen) atoms. The number of sulfonamides is 1. The number of amidine groups is 1. The van der Waals surface area contributed by atoms with Gasteiger partial charge < -0.3 is 11.1 Å². The molecule has 0 bridgehead atoms. The number of nitrogens with two attached hydrogens (primary N) is 1. The molecule has 0 aromatic heterocycles. The van der Waals surface area contributed by atoms with Crippen molar-refractivity contribution in [2.75, 3.05) is 13.1 Å². The third-order valence-electron chi connectivity index (χ3n) is 3.30. The van der Waals surface area contributed by atoms with Gasteiger partial charge in [-0.15, -0.1) is 12.4 Å². The summed E-state index contributed by atoms with van der Waals surface area (Å²) in [4.78, 5) is 16.3. The maximum atomic E-state index is 12.0. The average Bonchev–Trinajstić information content (AvgIpc) is 2.75. The first kappa shape index (κ1) is 19.4. The molecule has 0 spiro atoms. The molecular weight excluding hydrogens is 340 g/mol. The maximum absolute atomic E-state index is 12.0. The molecule has 1 amide bonds. The van der Waals surface area contributed by atoms with Crippen LogP contribution >= 0.6 is 12.4 Å². The Morgan fingerprint density at radius 1 is 1.35 bits per heavy atom. The molecule has 1 heterocycles. The second-order valence-corrected chi connectivity index (χ2v) is 6.69. The molecular formula is C14H21ClN4O3S. The number of nitrogens with one attached hydrogen (secondary N) is 2. The number of aliphatic imine (C=N–C) groups is 1. The van der Waals surface area contributed by atoms with Crippen molar-refractivity contribution in [2.24, 2.45) is 10.7 Å². The van der Waals surface area contributed by atoms with Crippen molar-refractivity contribution in [2.45, 2.75) is 30.7 Å². The van der Waals surface area contributed by atoms with Gasteiger partial charge in [-0.05, 0) is 38.4 Å². The molecule has 0 saturated heterocycles. The van der Waals surface area contributed by atoms with Crippen LogP contribution in [0.4, 0.5) is 0 Å². The van der Waals surface area contributed by atoms with Crippen molar-refractivity contribution in [3.05, 3.63) is 29.8 Å². The fourth-order valence-corrected chi connectivity index (χ4v) is 3.35. The molecule has 1 aromatic rings. The highest BCUT2D eigenvalue weighted by Crippen LogP contribution is 2.22. The lowest BCUT2D eigenvalue weighted by Crippen LogP contribution is -2.34. The second kappa shape index (κ2) is 8.28. The largest absolute Gasteiger partial charge is 0.354 e. The number of carbonyl (C=O) groups excluding carboxylic acids is 1. The maximum Gasteiger partial charge on any atom is 0.263 e. The van der Waals surface area contributed by atoms with Crippen molar-refractivity contribution in [3.8, 4) is 0 Å². The molecule has 1 aliphatic heterocycles. The topological polar surface area (TPSA) is 114 Å². The predicted molar refractivity (Wildman–Crippen MR) is 91.3 cm³/mol. The van der Waals surface area contributed by atoms with Gasteiger partial charge in [0.25, 0.3) is 10.0 Å². The van der Waals surface area contributed by atoms with Crippen LogP contribution < -0.4 is 15.8 Å². The number of fused-ring (bicyclic) bond motifs is 1. The quantitative estimate of drug-likeness (QED) is 0.637. The minimum atomic E-state index is -3.58. The average molecular weight is 361 g/mol. The number of rotatable bonds is 6. The van der Waals surface area contributed by atoms with Gasteiger partial charge in [-0.1, -0.05) is 12.1 Å². The number of amides is 1. The fraction of sp³-hybridized carbons (Fsp3) is 0.429. The van der Waals surface area contributed by atoms with Gasteiger partial charge in [0.2, 0.25) is 5.91 Å². The zero-order valence-electron chi connectivity index (χ0n) is 12.8. The Labute approximate surface area is 142 Å². The van der Waals surface area contributed by atoms with Crippen LogP contribution in [0.2, 0.25) is 0 Å². The summed E-state index contributed by atoms with van der Waals surface area (Å²) in [6.45, 7) is 2.75. The van der Waals surface area contributed by atoms with E-state index in [2.05, 4.69) is 15.0 Å². The molecule has 0 radical (unpaired) electrons. The third-order valence-corrected chi connectivity index (χ3v) is 4.69. The van der Waals surface area contributed by atoms with E-state index < -0.39 is 16.1 Å². The number of hydrogen-bond donors (Lipinski definition) is 3. The molecule has 2 rings (SSSR count). The van der Waals surface area contributed by atoms with Crippen molar-refractivity contribution >= 4 is 34.2 Å². The van der Waals surface area contributed by atoms with Gasteiger partial charge in [-0.3, -0.25) is 14.5 Å². The number of nitrogens with zero attached hydrogens (tertiary/aromatic N) is 1. The summed E-state index contributed by atoms with van der Waals surface area (Å²) in [5.74, 6) is -0.0340. The Kier molecular flexibility index (Phi) is 6.99. The Bertz CT molecular complexity index is 691. The first-order valence-electron chi connectivity index (χ1n) is 7.13. The Morgan fingerprint density at radius 3 is 2.74 bits per heavy atom. The summed E-state index contributed by atoms with van der Waals surface area (Å²) >= 11 is 0. The highest BCUT2D eigenvalue weighted by molar-refractivity contribution is 7.90. The molecule has 7 nitrogen and oxygen atoms in total. The normalized spacial score (nSPS) is 17.7. The van der Waals surface area contributed by atoms with Crippen LogP contribution in [0.25, 0.3) is 0 Å². The van der Waals surface area contributed by atoms with E-state index in [1.165, 1.54) is 6.07 Å². The molecule has 1 unspecified atom stereocenters. The number of halogens is 1. The zero-order valence-corrected chi connectivity index (χ0v) is 14.4. The standard InChI is InChI=1S/C14H20N4O3S.ClH/c1-10(14(19)16-9-5-4-8-15)17-13-11-6-2-3-7-12(11)22(20,21)18-13;/h2-3,6-7,10H,4-5,8-9,15H2,1H3,(H,16,19)(H,17,18);1H. The Morgan fingerprint density at radius 2 is 2.04 bits per heavy atom. The minimum Gasteiger partial charge on any atom is -0.354 e. The third kappa shape index (κ3) is 4.66. The summed E-state index contributed by atoms with van der Waals surface area (Å²) in [5, 5.41) is 2.76. The summed E-state index contributed by atoms with van der Waals surface area (Å²) in [6.07, 6.45) is 1.65. The van der Waals surface area contributed by atoms with Gasteiger partial charge in [0.05, 0.1) is 4.90 Å². The number of carbonyl (C=O) groups is 1. The SMILES string of the molecule is CC(N=C1NS(=O)(=O)c2ccccc21)C(=O)NCCCCN.Cl. The van der Waals surface area contributed by atoms with E-state index in [0.29, 0.717) is 18.7 Å². The predicted octanol–water partition coefficient (Wildman–Crippen LogP) is 0.391. The van der Waals surface area contributed by atoms with Crippen LogP contribution in [-0.4, -0.2) is 39.3 Å². The highest BCUT2D eigenvalue weighted by Gasteiger charge is 2.31. The summed E-state index contributed by atoms with van der Waals surface area (Å²) in [7, 11) is -3.58. The fourth-order valence-electron chi connectivity index (χ4n) is 2.11. The Hall–Kier alpha value is -1.64. The van der Waals surface area contributed by atoms with Gasteiger partial charge in [0, 0.05) is 12.1 Å². The van der Waals surface area contributed by atoms with Gasteiger partial charge in [-0.25, -0.2) is 8.42 Å². The molecule has 1 aromatic carbocycles. The molecule has 4 N–H and O–H groups in total. The molecule has 0 aliphatic carbocycles. The van der Waals surface area contributed by atoms with Crippen LogP contribution in [0.5, 0.6) is 0 Å². The molecule has 1 atom stereocenters. The monoisotopic (exact) mass is 360 g/mol. The van der Waals surface area contributed by atoms with Crippen LogP contribution in [0.3, 0.4) is 0 Å². The van der Waals surface area contributed by atoms with E-state index in [1.807, 2.05) is 0 Å². The highest BCUT2D eigenvalue weighted by atomic mass is 35.5. The van der Waals surface area contributed by atoms with Gasteiger partial charge in [0.15, 0.2) is 0 Å². The molecule has 0 fully saturated rings. The Balaban J connectivity index is 0.00000264. The van der Waals surface area contributed by atoms with Crippen LogP contribution in [0, 0.1) is 0 Å². The van der Waals surface area contributed by atoms with Crippen LogP contribution in [0.1, 0.15) is 25.3 Å². The van der Waals surface area contributed by atoms with Crippen molar-refractivity contribution < 1.29 is 13.2 Å². The minimum absolute atomic E-state index is 0. The molecule has 0 saturated carbocycles. The first-order valence-corrected chi connectivity index (χ1v) is 8.62. The van der Waals surface area contributed by atoms with Crippen molar-refractivity contribution in [1.29, 1.82) is 0 Å². The lowest BCUT2D eigenvalue weighted by Gasteiger charge is -2.09. The lowest BCUT2D eigenvalue weighted by atomic mass is 10.2. The summed E-state index contributed by atoms with van der Waals surface area (Å²) in [5.41, 5.74) is 5.88. The number of benzene rings is 1. The number of hydrogen-bond acceptors (Lipinski definition) is 5. The van der Waals surface area contributed by atoms with E-state index in [1.54, 1.807) is 25.1 Å². The van der Waals surface area contributed by atoms with E-state index in [9.17, 15) is 13.2 Å². The van der Waals surface area contributed by atoms with E-state index in [-0.39, 0.29) is 29.0 Å². The first-order chi connectivity index (χ1) is 10.5. The zero-order chi connectivity index (χ0) is 16.2. The van der Waals surface area contributed by atoms with Crippen molar-refractivity contribution in [3.63, 3.8) is 0 Å². The van der Waals surface area contributed by atoms with E-state index in [0.717, 1.165) is 12.8 Å². The smallest absolute Gasteiger partial charge is 0.263 e. The summed E-state index contributed by atoms with van der Waals surface area (Å²) in [6, 6.07) is 5.87. The number of unbranched alkanes of at least 4 members (excludes halogenated alkanes) is 1. The molecule has 128 valence electrons. The van der Waals surface area contributed by atoms with Crippen LogP contribution in [0.15, 0.2) is 34.2 Å². The molecule has 1 aliphatic rings. The van der Waals surface area contributed by atoms with Crippen LogP contribution in [-0.2, 0) is 14.8 Å². The van der Waals surface area contributed by atoms with Gasteiger partial charge in [-0.2, -0.15) is 0 Å². The van der Waals surface area contributed by atoms with E-state index >= 15 is 0 Å².